The van der Waals surface area contributed by atoms with Gasteiger partial charge in [-0.25, -0.2) is 0 Å². The van der Waals surface area contributed by atoms with Crippen LogP contribution in [0.5, 0.6) is 0 Å². The Labute approximate surface area is 98.4 Å². The number of rotatable bonds is 7. The number of amides is 1. The third-order valence-corrected chi connectivity index (χ3v) is 3.64. The Bertz CT molecular complexity index is 234. The molecule has 1 amide bonds. The van der Waals surface area contributed by atoms with E-state index >= 15 is 0 Å². The first-order valence-corrected chi connectivity index (χ1v) is 6.76. The monoisotopic (exact) mass is 224 g/mol. The van der Waals surface area contributed by atoms with Crippen LogP contribution in [-0.4, -0.2) is 24.5 Å². The molecule has 0 aromatic rings. The van der Waals surface area contributed by atoms with Crippen LogP contribution in [0.2, 0.25) is 0 Å². The third kappa shape index (κ3) is 3.21. The lowest BCUT2D eigenvalue weighted by Crippen LogP contribution is -2.48. The van der Waals surface area contributed by atoms with Crippen LogP contribution < -0.4 is 10.6 Å². The zero-order chi connectivity index (χ0) is 11.5. The fourth-order valence-corrected chi connectivity index (χ4v) is 2.33. The SMILES string of the molecule is CCCNC(=O)C(C)NC(C1CC1)C1CC1. The van der Waals surface area contributed by atoms with Crippen LogP contribution in [0.25, 0.3) is 0 Å². The van der Waals surface area contributed by atoms with Gasteiger partial charge in [-0.05, 0) is 50.9 Å². The van der Waals surface area contributed by atoms with Crippen molar-refractivity contribution >= 4 is 5.91 Å². The summed E-state index contributed by atoms with van der Waals surface area (Å²) < 4.78 is 0. The molecule has 2 aliphatic carbocycles. The Morgan fingerprint density at radius 3 is 2.25 bits per heavy atom. The van der Waals surface area contributed by atoms with Gasteiger partial charge in [0.25, 0.3) is 0 Å². The first kappa shape index (κ1) is 11.9. The van der Waals surface area contributed by atoms with Crippen molar-refractivity contribution in [3.63, 3.8) is 0 Å². The van der Waals surface area contributed by atoms with E-state index < -0.39 is 0 Å². The number of carbonyl (C=O) groups excluding carboxylic acids is 1. The zero-order valence-corrected chi connectivity index (χ0v) is 10.5. The summed E-state index contributed by atoms with van der Waals surface area (Å²) in [5.41, 5.74) is 0. The molecule has 0 radical (unpaired) electrons. The maximum atomic E-state index is 11.7. The van der Waals surface area contributed by atoms with E-state index in [4.69, 9.17) is 0 Å². The van der Waals surface area contributed by atoms with E-state index in [1.807, 2.05) is 6.92 Å². The van der Waals surface area contributed by atoms with Crippen LogP contribution in [0, 0.1) is 11.8 Å². The quantitative estimate of drug-likeness (QED) is 0.691. The van der Waals surface area contributed by atoms with E-state index in [2.05, 4.69) is 17.6 Å². The molecule has 0 bridgehead atoms. The Morgan fingerprint density at radius 2 is 1.81 bits per heavy atom. The van der Waals surface area contributed by atoms with Crippen LogP contribution in [0.4, 0.5) is 0 Å². The molecular formula is C13H24N2O. The smallest absolute Gasteiger partial charge is 0.236 e. The molecule has 2 aliphatic rings. The Hall–Kier alpha value is -0.570. The van der Waals surface area contributed by atoms with Crippen molar-refractivity contribution in [1.82, 2.24) is 10.6 Å². The van der Waals surface area contributed by atoms with Crippen molar-refractivity contribution in [3.8, 4) is 0 Å². The van der Waals surface area contributed by atoms with Crippen molar-refractivity contribution in [2.45, 2.75) is 58.0 Å². The summed E-state index contributed by atoms with van der Waals surface area (Å²) in [6, 6.07) is 0.583. The third-order valence-electron chi connectivity index (χ3n) is 3.64. The summed E-state index contributed by atoms with van der Waals surface area (Å²) in [5, 5.41) is 6.49. The first-order chi connectivity index (χ1) is 7.72. The highest BCUT2D eigenvalue weighted by atomic mass is 16.2. The van der Waals surface area contributed by atoms with Crippen molar-refractivity contribution in [2.75, 3.05) is 6.54 Å². The van der Waals surface area contributed by atoms with Gasteiger partial charge < -0.3 is 10.6 Å². The van der Waals surface area contributed by atoms with Crippen molar-refractivity contribution in [3.05, 3.63) is 0 Å². The molecule has 92 valence electrons. The minimum Gasteiger partial charge on any atom is -0.355 e. The summed E-state index contributed by atoms with van der Waals surface area (Å²) in [5.74, 6) is 1.87. The maximum absolute atomic E-state index is 11.7. The Morgan fingerprint density at radius 1 is 1.25 bits per heavy atom. The maximum Gasteiger partial charge on any atom is 0.236 e. The molecular weight excluding hydrogens is 200 g/mol. The van der Waals surface area contributed by atoms with E-state index in [1.165, 1.54) is 25.7 Å². The Kier molecular flexibility index (Phi) is 3.85. The van der Waals surface area contributed by atoms with Crippen LogP contribution in [0.1, 0.15) is 46.0 Å². The molecule has 1 atom stereocenters. The van der Waals surface area contributed by atoms with E-state index in [0.29, 0.717) is 6.04 Å². The van der Waals surface area contributed by atoms with Gasteiger partial charge in [-0.1, -0.05) is 6.92 Å². The van der Waals surface area contributed by atoms with Gasteiger partial charge in [0.05, 0.1) is 6.04 Å². The lowest BCUT2D eigenvalue weighted by Gasteiger charge is -2.22. The second-order valence-corrected chi connectivity index (χ2v) is 5.38. The van der Waals surface area contributed by atoms with E-state index in [1.54, 1.807) is 0 Å². The Balaban J connectivity index is 1.75. The van der Waals surface area contributed by atoms with Gasteiger partial charge in [0.2, 0.25) is 5.91 Å². The molecule has 0 heterocycles. The molecule has 2 fully saturated rings. The van der Waals surface area contributed by atoms with Gasteiger partial charge in [0.1, 0.15) is 0 Å². The topological polar surface area (TPSA) is 41.1 Å². The van der Waals surface area contributed by atoms with Crippen molar-refractivity contribution in [2.24, 2.45) is 11.8 Å². The second kappa shape index (κ2) is 5.17. The minimum absolute atomic E-state index is 0.0299. The van der Waals surface area contributed by atoms with E-state index in [9.17, 15) is 4.79 Å². The first-order valence-electron chi connectivity index (χ1n) is 6.76. The molecule has 1 unspecified atom stereocenters. The molecule has 2 saturated carbocycles. The predicted molar refractivity (Wildman–Crippen MR) is 65.1 cm³/mol. The fourth-order valence-electron chi connectivity index (χ4n) is 2.33. The van der Waals surface area contributed by atoms with Gasteiger partial charge in [-0.3, -0.25) is 4.79 Å². The molecule has 2 N–H and O–H groups in total. The zero-order valence-electron chi connectivity index (χ0n) is 10.5. The second-order valence-electron chi connectivity index (χ2n) is 5.38. The number of hydrogen-bond acceptors (Lipinski definition) is 2. The van der Waals surface area contributed by atoms with Crippen LogP contribution >= 0.6 is 0 Å². The minimum atomic E-state index is -0.0299. The van der Waals surface area contributed by atoms with Crippen LogP contribution in [0.3, 0.4) is 0 Å². The summed E-state index contributed by atoms with van der Waals surface area (Å²) >= 11 is 0. The van der Waals surface area contributed by atoms with E-state index in [-0.39, 0.29) is 11.9 Å². The molecule has 0 aromatic carbocycles. The van der Waals surface area contributed by atoms with Crippen LogP contribution in [-0.2, 0) is 4.79 Å². The molecule has 16 heavy (non-hydrogen) atoms. The molecule has 0 aromatic heterocycles. The molecule has 0 spiro atoms. The fraction of sp³-hybridized carbons (Fsp3) is 0.923. The molecule has 2 rings (SSSR count). The average Bonchev–Trinajstić information content (AvgIpc) is 3.15. The van der Waals surface area contributed by atoms with Crippen molar-refractivity contribution < 1.29 is 4.79 Å². The predicted octanol–water partition coefficient (Wildman–Crippen LogP) is 1.68. The van der Waals surface area contributed by atoms with E-state index in [0.717, 1.165) is 24.8 Å². The summed E-state index contributed by atoms with van der Waals surface area (Å²) in [7, 11) is 0. The number of carbonyl (C=O) groups is 1. The number of hydrogen-bond donors (Lipinski definition) is 2. The molecule has 0 saturated heterocycles. The van der Waals surface area contributed by atoms with Gasteiger partial charge in [0, 0.05) is 12.6 Å². The van der Waals surface area contributed by atoms with Gasteiger partial charge in [-0.2, -0.15) is 0 Å². The standard InChI is InChI=1S/C13H24N2O/c1-3-8-14-13(16)9(2)15-12(10-4-5-10)11-6-7-11/h9-12,15H,3-8H2,1-2H3,(H,14,16). The highest BCUT2D eigenvalue weighted by molar-refractivity contribution is 5.81. The lowest BCUT2D eigenvalue weighted by atomic mass is 10.1. The van der Waals surface area contributed by atoms with Crippen molar-refractivity contribution in [1.29, 1.82) is 0 Å². The van der Waals surface area contributed by atoms with Crippen LogP contribution in [0.15, 0.2) is 0 Å². The largest absolute Gasteiger partial charge is 0.355 e. The summed E-state index contributed by atoms with van der Waals surface area (Å²) in [6.45, 7) is 4.86. The summed E-state index contributed by atoms with van der Waals surface area (Å²) in [6.07, 6.45) is 6.44. The van der Waals surface area contributed by atoms with Gasteiger partial charge >= 0.3 is 0 Å². The average molecular weight is 224 g/mol. The van der Waals surface area contributed by atoms with Gasteiger partial charge in [0.15, 0.2) is 0 Å². The van der Waals surface area contributed by atoms with Gasteiger partial charge in [-0.15, -0.1) is 0 Å². The highest BCUT2D eigenvalue weighted by Gasteiger charge is 2.42. The number of nitrogens with one attached hydrogen (secondary N) is 2. The summed E-state index contributed by atoms with van der Waals surface area (Å²) in [4.78, 5) is 11.7. The molecule has 3 nitrogen and oxygen atoms in total. The molecule has 0 aliphatic heterocycles. The highest BCUT2D eigenvalue weighted by Crippen LogP contribution is 2.44. The lowest BCUT2D eigenvalue weighted by molar-refractivity contribution is -0.123. The normalized spacial score (nSPS) is 22.2. The molecule has 3 heteroatoms.